The van der Waals surface area contributed by atoms with Gasteiger partial charge in [-0.3, -0.25) is 0 Å². The highest BCUT2D eigenvalue weighted by Crippen LogP contribution is 2.62. The summed E-state index contributed by atoms with van der Waals surface area (Å²) in [5.41, 5.74) is -12.6. The van der Waals surface area contributed by atoms with Gasteiger partial charge in [-0.15, -0.1) is 0 Å². The average molecular weight is 630 g/mol. The second-order valence-electron chi connectivity index (χ2n) is 11.2. The van der Waals surface area contributed by atoms with Crippen LogP contribution in [0, 0.1) is 22.2 Å². The van der Waals surface area contributed by atoms with Crippen molar-refractivity contribution in [3.63, 3.8) is 0 Å². The summed E-state index contributed by atoms with van der Waals surface area (Å²) in [6.07, 6.45) is -15.2. The minimum atomic E-state index is -7.02. The lowest BCUT2D eigenvalue weighted by Gasteiger charge is -2.55. The normalized spacial score (nSPS) is 21.7. The van der Waals surface area contributed by atoms with E-state index in [9.17, 15) is 39.5 Å². The van der Waals surface area contributed by atoms with Crippen LogP contribution in [0.4, 0.5) is 57.1 Å². The number of hydrogen-bond donors (Lipinski definition) is 0. The predicted molar refractivity (Wildman–Crippen MR) is 122 cm³/mol. The van der Waals surface area contributed by atoms with Crippen molar-refractivity contribution < 1.29 is 66.5 Å². The fraction of sp³-hybridized carbons (Fsp3) is 0.960. The lowest BCUT2D eigenvalue weighted by atomic mass is 9.59. The fourth-order valence-electron chi connectivity index (χ4n) is 4.37. The monoisotopic (exact) mass is 629 g/mol. The molecular formula is C25H36F13NO2. The lowest BCUT2D eigenvalue weighted by Crippen LogP contribution is -2.73. The standard InChI is InChI=1S/C25H36F13NO2/c1-10-16(5,6)17(7,11-2)21(30,15(26)27)40-19(9,13-4)23(33,34)24(35,25(36,37)38)41-18(8,12-3)22(31,32)20(28,29)14-39/h15H,10-13H2,1-9H3. The van der Waals surface area contributed by atoms with Crippen LogP contribution < -0.4 is 0 Å². The molecule has 0 aromatic carbocycles. The van der Waals surface area contributed by atoms with Gasteiger partial charge in [0.15, 0.2) is 0 Å². The number of rotatable bonds is 15. The Morgan fingerprint density at radius 3 is 1.27 bits per heavy atom. The highest BCUT2D eigenvalue weighted by atomic mass is 19.4. The molecule has 41 heavy (non-hydrogen) atoms. The molecule has 0 spiro atoms. The molecule has 3 nitrogen and oxygen atoms in total. The topological polar surface area (TPSA) is 42.2 Å². The zero-order chi connectivity index (χ0) is 33.5. The van der Waals surface area contributed by atoms with Gasteiger partial charge in [0.25, 0.3) is 12.3 Å². The van der Waals surface area contributed by atoms with Crippen LogP contribution in [0.25, 0.3) is 0 Å². The van der Waals surface area contributed by atoms with Gasteiger partial charge in [0, 0.05) is 5.41 Å². The first-order valence-corrected chi connectivity index (χ1v) is 12.6. The minimum absolute atomic E-state index is 0.0620. The Morgan fingerprint density at radius 2 is 1.00 bits per heavy atom. The van der Waals surface area contributed by atoms with Crippen LogP contribution in [0.1, 0.15) is 88.0 Å². The van der Waals surface area contributed by atoms with Crippen LogP contribution >= 0.6 is 0 Å². The number of nitriles is 1. The zero-order valence-corrected chi connectivity index (χ0v) is 24.1. The molecule has 0 aliphatic heterocycles. The van der Waals surface area contributed by atoms with Crippen molar-refractivity contribution in [2.45, 2.75) is 141 Å². The van der Waals surface area contributed by atoms with Gasteiger partial charge < -0.3 is 9.47 Å². The van der Waals surface area contributed by atoms with Gasteiger partial charge in [0.2, 0.25) is 0 Å². The molecule has 0 saturated carbocycles. The fourth-order valence-corrected chi connectivity index (χ4v) is 4.37. The zero-order valence-electron chi connectivity index (χ0n) is 24.1. The van der Waals surface area contributed by atoms with Crippen LogP contribution in [-0.2, 0) is 9.47 Å². The molecule has 16 heteroatoms. The molecule has 0 bridgehead atoms. The first-order valence-electron chi connectivity index (χ1n) is 12.6. The van der Waals surface area contributed by atoms with E-state index < -0.39 is 83.4 Å². The first-order chi connectivity index (χ1) is 17.9. The van der Waals surface area contributed by atoms with Crippen molar-refractivity contribution in [1.82, 2.24) is 0 Å². The first kappa shape index (κ1) is 39.5. The molecule has 0 fully saturated rings. The number of halogens is 13. The van der Waals surface area contributed by atoms with Crippen molar-refractivity contribution in [2.24, 2.45) is 10.8 Å². The van der Waals surface area contributed by atoms with Gasteiger partial charge in [-0.25, -0.2) is 13.2 Å². The van der Waals surface area contributed by atoms with E-state index in [0.29, 0.717) is 13.8 Å². The van der Waals surface area contributed by atoms with Crippen LogP contribution in [0.3, 0.4) is 0 Å². The second-order valence-corrected chi connectivity index (χ2v) is 11.2. The van der Waals surface area contributed by atoms with E-state index >= 15 is 17.6 Å². The van der Waals surface area contributed by atoms with E-state index in [1.165, 1.54) is 27.7 Å². The molecule has 244 valence electrons. The summed E-state index contributed by atoms with van der Waals surface area (Å²) in [5, 5.41) is 8.41. The summed E-state index contributed by atoms with van der Waals surface area (Å²) < 4.78 is 200. The molecule has 0 aliphatic carbocycles. The highest BCUT2D eigenvalue weighted by molar-refractivity contribution is 5.14. The average Bonchev–Trinajstić information content (AvgIpc) is 2.85. The van der Waals surface area contributed by atoms with E-state index in [2.05, 4.69) is 9.47 Å². The maximum atomic E-state index is 16.3. The summed E-state index contributed by atoms with van der Waals surface area (Å²) >= 11 is 0. The molecule has 0 aromatic rings. The number of alkyl halides is 13. The largest absolute Gasteiger partial charge is 0.455 e. The number of hydrogen-bond acceptors (Lipinski definition) is 3. The second kappa shape index (κ2) is 11.5. The third kappa shape index (κ3) is 5.74. The third-order valence-corrected chi connectivity index (χ3v) is 8.84. The molecule has 0 rings (SSSR count). The van der Waals surface area contributed by atoms with E-state index in [1.807, 2.05) is 0 Å². The summed E-state index contributed by atoms with van der Waals surface area (Å²) in [5.74, 6) is -29.4. The highest BCUT2D eigenvalue weighted by Gasteiger charge is 2.83. The number of nitrogens with zero attached hydrogens (tertiary/aromatic N) is 1. The molecule has 0 heterocycles. The quantitative estimate of drug-likeness (QED) is 0.169. The molecule has 0 aliphatic rings. The SMILES string of the molecule is CCC(C)(C)C(C)(CC)C(F)(OC(C)(CC)C(F)(F)C(F)(OC(C)(CC)C(F)(F)C(F)(F)C#N)C(F)(F)F)C(F)F. The Labute approximate surface area is 230 Å². The van der Waals surface area contributed by atoms with Crippen molar-refractivity contribution in [2.75, 3.05) is 0 Å². The third-order valence-electron chi connectivity index (χ3n) is 8.84. The molecular weight excluding hydrogens is 593 g/mol. The molecule has 0 amide bonds. The predicted octanol–water partition coefficient (Wildman–Crippen LogP) is 9.80. The molecule has 0 N–H and O–H groups in total. The summed E-state index contributed by atoms with van der Waals surface area (Å²) in [6.45, 7) is 6.65. The van der Waals surface area contributed by atoms with Gasteiger partial charge in [0.1, 0.15) is 17.3 Å². The number of ether oxygens (including phenoxy) is 2. The van der Waals surface area contributed by atoms with Crippen LogP contribution in [0.5, 0.6) is 0 Å². The van der Waals surface area contributed by atoms with Crippen LogP contribution in [0.2, 0.25) is 0 Å². The maximum absolute atomic E-state index is 16.3. The maximum Gasteiger partial charge on any atom is 0.455 e. The van der Waals surface area contributed by atoms with E-state index in [4.69, 9.17) is 5.26 Å². The minimum Gasteiger partial charge on any atom is -0.328 e. The molecule has 5 atom stereocenters. The Kier molecular flexibility index (Phi) is 11.1. The lowest BCUT2D eigenvalue weighted by molar-refractivity contribution is -0.478. The van der Waals surface area contributed by atoms with Gasteiger partial charge in [-0.2, -0.15) is 49.2 Å². The molecule has 5 unspecified atom stereocenters. The Hall–Kier alpha value is -1.50. The Balaban J connectivity index is 7.56. The van der Waals surface area contributed by atoms with Crippen LogP contribution in [0.15, 0.2) is 0 Å². The van der Waals surface area contributed by atoms with E-state index in [1.54, 1.807) is 0 Å². The molecule has 0 radical (unpaired) electrons. The van der Waals surface area contributed by atoms with Gasteiger partial charge in [-0.1, -0.05) is 54.9 Å². The van der Waals surface area contributed by atoms with Gasteiger partial charge >= 0.3 is 29.8 Å². The summed E-state index contributed by atoms with van der Waals surface area (Å²) in [4.78, 5) is 0. The smallest absolute Gasteiger partial charge is 0.328 e. The van der Waals surface area contributed by atoms with Gasteiger partial charge in [0.05, 0.1) is 0 Å². The van der Waals surface area contributed by atoms with Crippen molar-refractivity contribution in [1.29, 1.82) is 5.26 Å². The summed E-state index contributed by atoms with van der Waals surface area (Å²) in [7, 11) is 0. The van der Waals surface area contributed by atoms with Crippen molar-refractivity contribution in [3.8, 4) is 6.07 Å². The van der Waals surface area contributed by atoms with Crippen molar-refractivity contribution >= 4 is 0 Å². The van der Waals surface area contributed by atoms with Crippen molar-refractivity contribution in [3.05, 3.63) is 0 Å². The van der Waals surface area contributed by atoms with E-state index in [0.717, 1.165) is 6.92 Å². The van der Waals surface area contributed by atoms with E-state index in [-0.39, 0.29) is 26.3 Å². The van der Waals surface area contributed by atoms with Crippen LogP contribution in [-0.4, -0.2) is 53.3 Å². The molecule has 0 saturated heterocycles. The Morgan fingerprint density at radius 1 is 0.610 bits per heavy atom. The summed E-state index contributed by atoms with van der Waals surface area (Å²) in [6, 6.07) is -0.200. The molecule has 0 aromatic heterocycles. The van der Waals surface area contributed by atoms with Gasteiger partial charge in [-0.05, 0) is 38.5 Å². The Bertz CT molecular complexity index is 951.